The van der Waals surface area contributed by atoms with Gasteiger partial charge < -0.3 is 0 Å². The Balaban J connectivity index is 2.04. The van der Waals surface area contributed by atoms with Crippen LogP contribution in [-0.2, 0) is 17.3 Å². The molecule has 0 saturated carbocycles. The lowest BCUT2D eigenvalue weighted by Crippen LogP contribution is -2.34. The summed E-state index contributed by atoms with van der Waals surface area (Å²) in [5.74, 6) is 0. The van der Waals surface area contributed by atoms with Crippen molar-refractivity contribution in [1.82, 2.24) is 0 Å². The second-order valence-electron chi connectivity index (χ2n) is 9.25. The average molecular weight is 333 g/mol. The molecule has 0 atom stereocenters. The van der Waals surface area contributed by atoms with Crippen molar-refractivity contribution in [1.29, 1.82) is 0 Å². The highest BCUT2D eigenvalue weighted by atomic mass is 14.4. The first kappa shape index (κ1) is 18.0. The molecule has 0 amide bonds. The van der Waals surface area contributed by atoms with Crippen molar-refractivity contribution in [3.63, 3.8) is 0 Å². The molecular formula is C25H32. The molecular weight excluding hydrogens is 300 g/mol. The monoisotopic (exact) mass is 332 g/mol. The normalized spacial score (nSPS) is 17.8. The summed E-state index contributed by atoms with van der Waals surface area (Å²) in [6.07, 6.45) is 3.53. The van der Waals surface area contributed by atoms with Crippen LogP contribution in [0.4, 0.5) is 0 Å². The predicted molar refractivity (Wildman–Crippen MR) is 110 cm³/mol. The van der Waals surface area contributed by atoms with Crippen LogP contribution >= 0.6 is 0 Å². The first-order valence-electron chi connectivity index (χ1n) is 9.49. The SMILES string of the molecule is C=C(C)c1cccc(Cc2cc3c(cc2C)C(C)(C)CCC3(C)C)c1. The molecule has 1 aliphatic carbocycles. The molecule has 2 aromatic carbocycles. The van der Waals surface area contributed by atoms with Crippen LogP contribution < -0.4 is 0 Å². The molecule has 0 unspecified atom stereocenters. The van der Waals surface area contributed by atoms with Gasteiger partial charge in [0, 0.05) is 0 Å². The summed E-state index contributed by atoms with van der Waals surface area (Å²) in [6.45, 7) is 18.0. The Labute approximate surface area is 154 Å². The first-order chi connectivity index (χ1) is 11.6. The Bertz CT molecular complexity index is 818. The topological polar surface area (TPSA) is 0 Å². The highest BCUT2D eigenvalue weighted by Crippen LogP contribution is 2.46. The van der Waals surface area contributed by atoms with Crippen molar-refractivity contribution in [2.24, 2.45) is 0 Å². The Kier molecular flexibility index (Phi) is 4.43. The van der Waals surface area contributed by atoms with Crippen molar-refractivity contribution in [2.45, 2.75) is 71.6 Å². The standard InChI is InChI=1S/C25H32/c1-17(2)20-10-8-9-19(14-20)15-21-16-23-22(13-18(21)3)24(4,5)11-12-25(23,6)7/h8-10,13-14,16H,1,11-12,15H2,2-7H3. The highest BCUT2D eigenvalue weighted by Gasteiger charge is 2.37. The zero-order valence-corrected chi connectivity index (χ0v) is 16.8. The van der Waals surface area contributed by atoms with E-state index in [9.17, 15) is 0 Å². The molecule has 0 aromatic heterocycles. The Morgan fingerprint density at radius 3 is 2.16 bits per heavy atom. The number of aryl methyl sites for hydroxylation is 1. The Morgan fingerprint density at radius 1 is 0.960 bits per heavy atom. The van der Waals surface area contributed by atoms with E-state index in [4.69, 9.17) is 0 Å². The maximum absolute atomic E-state index is 4.08. The summed E-state index contributed by atoms with van der Waals surface area (Å²) in [4.78, 5) is 0. The smallest absolute Gasteiger partial charge is 0.00228 e. The van der Waals surface area contributed by atoms with E-state index in [1.54, 1.807) is 11.1 Å². The fourth-order valence-corrected chi connectivity index (χ4v) is 4.12. The van der Waals surface area contributed by atoms with Crippen LogP contribution in [0.15, 0.2) is 43.0 Å². The number of fused-ring (bicyclic) bond motifs is 1. The maximum atomic E-state index is 4.08. The van der Waals surface area contributed by atoms with Gasteiger partial charge in [0.2, 0.25) is 0 Å². The van der Waals surface area contributed by atoms with Crippen LogP contribution in [0.1, 0.15) is 80.8 Å². The third-order valence-corrected chi connectivity index (χ3v) is 6.12. The summed E-state index contributed by atoms with van der Waals surface area (Å²) in [5.41, 5.74) is 10.3. The number of allylic oxidation sites excluding steroid dienone is 1. The number of hydrogen-bond acceptors (Lipinski definition) is 0. The number of benzene rings is 2. The van der Waals surface area contributed by atoms with Crippen molar-refractivity contribution in [2.75, 3.05) is 0 Å². The van der Waals surface area contributed by atoms with Crippen LogP contribution in [-0.4, -0.2) is 0 Å². The van der Waals surface area contributed by atoms with Gasteiger partial charge in [-0.1, -0.05) is 76.2 Å². The second kappa shape index (κ2) is 6.16. The minimum Gasteiger partial charge on any atom is -0.0955 e. The van der Waals surface area contributed by atoms with Gasteiger partial charge in [-0.15, -0.1) is 0 Å². The summed E-state index contributed by atoms with van der Waals surface area (Å²) >= 11 is 0. The van der Waals surface area contributed by atoms with Crippen molar-refractivity contribution in [3.8, 4) is 0 Å². The summed E-state index contributed by atoms with van der Waals surface area (Å²) < 4.78 is 0. The number of hydrogen-bond donors (Lipinski definition) is 0. The molecule has 132 valence electrons. The van der Waals surface area contributed by atoms with Crippen LogP contribution in [0.2, 0.25) is 0 Å². The molecule has 1 aliphatic rings. The van der Waals surface area contributed by atoms with Gasteiger partial charge in [-0.2, -0.15) is 0 Å². The lowest BCUT2D eigenvalue weighted by molar-refractivity contribution is 0.331. The molecule has 0 radical (unpaired) electrons. The highest BCUT2D eigenvalue weighted by molar-refractivity contribution is 5.62. The van der Waals surface area contributed by atoms with E-state index in [0.29, 0.717) is 0 Å². The third-order valence-electron chi connectivity index (χ3n) is 6.12. The Morgan fingerprint density at radius 2 is 1.56 bits per heavy atom. The van der Waals surface area contributed by atoms with E-state index >= 15 is 0 Å². The van der Waals surface area contributed by atoms with Crippen LogP contribution in [0.25, 0.3) is 5.57 Å². The zero-order valence-electron chi connectivity index (χ0n) is 16.8. The Hall–Kier alpha value is -1.82. The van der Waals surface area contributed by atoms with E-state index in [2.05, 4.69) is 84.5 Å². The van der Waals surface area contributed by atoms with Gasteiger partial charge in [-0.25, -0.2) is 0 Å². The molecule has 0 bridgehead atoms. The van der Waals surface area contributed by atoms with Crippen LogP contribution in [0, 0.1) is 6.92 Å². The molecule has 3 rings (SSSR count). The second-order valence-corrected chi connectivity index (χ2v) is 9.25. The van der Waals surface area contributed by atoms with Crippen LogP contribution in [0.5, 0.6) is 0 Å². The third kappa shape index (κ3) is 3.45. The molecule has 0 heteroatoms. The minimum atomic E-state index is 0.271. The summed E-state index contributed by atoms with van der Waals surface area (Å²) in [5, 5.41) is 0. The van der Waals surface area contributed by atoms with Crippen molar-refractivity contribution in [3.05, 3.63) is 76.4 Å². The van der Waals surface area contributed by atoms with Gasteiger partial charge in [-0.05, 0) is 77.3 Å². The minimum absolute atomic E-state index is 0.271. The quantitative estimate of drug-likeness (QED) is 0.569. The fourth-order valence-electron chi connectivity index (χ4n) is 4.12. The largest absolute Gasteiger partial charge is 0.0955 e. The van der Waals surface area contributed by atoms with Gasteiger partial charge in [0.1, 0.15) is 0 Å². The molecule has 0 saturated heterocycles. The first-order valence-corrected chi connectivity index (χ1v) is 9.49. The van der Waals surface area contributed by atoms with Gasteiger partial charge >= 0.3 is 0 Å². The fraction of sp³-hybridized carbons (Fsp3) is 0.440. The van der Waals surface area contributed by atoms with E-state index in [1.807, 2.05) is 0 Å². The van der Waals surface area contributed by atoms with Crippen molar-refractivity contribution < 1.29 is 0 Å². The van der Waals surface area contributed by atoms with Gasteiger partial charge in [0.05, 0.1) is 0 Å². The zero-order chi connectivity index (χ0) is 18.4. The van der Waals surface area contributed by atoms with Crippen LogP contribution in [0.3, 0.4) is 0 Å². The predicted octanol–water partition coefficient (Wildman–Crippen LogP) is 6.97. The van der Waals surface area contributed by atoms with E-state index < -0.39 is 0 Å². The van der Waals surface area contributed by atoms with E-state index in [-0.39, 0.29) is 10.8 Å². The molecule has 2 aromatic rings. The summed E-state index contributed by atoms with van der Waals surface area (Å²) in [6, 6.07) is 13.8. The molecule has 0 nitrogen and oxygen atoms in total. The van der Waals surface area contributed by atoms with Crippen molar-refractivity contribution >= 4 is 5.57 Å². The van der Waals surface area contributed by atoms with E-state index in [0.717, 1.165) is 12.0 Å². The van der Waals surface area contributed by atoms with Gasteiger partial charge in [0.25, 0.3) is 0 Å². The molecule has 25 heavy (non-hydrogen) atoms. The molecule has 0 spiro atoms. The lowest BCUT2D eigenvalue weighted by atomic mass is 9.62. The average Bonchev–Trinajstić information content (AvgIpc) is 2.54. The number of rotatable bonds is 3. The molecule has 0 aliphatic heterocycles. The maximum Gasteiger partial charge on any atom is -0.00228 e. The molecule has 0 fully saturated rings. The molecule has 0 heterocycles. The van der Waals surface area contributed by atoms with E-state index in [1.165, 1.54) is 35.1 Å². The van der Waals surface area contributed by atoms with Gasteiger partial charge in [0.15, 0.2) is 0 Å². The molecule has 0 N–H and O–H groups in total. The lowest BCUT2D eigenvalue weighted by Gasteiger charge is -2.42. The van der Waals surface area contributed by atoms with Gasteiger partial charge in [-0.3, -0.25) is 0 Å². The summed E-state index contributed by atoms with van der Waals surface area (Å²) in [7, 11) is 0.